The van der Waals surface area contributed by atoms with Gasteiger partial charge in [0, 0.05) is 5.92 Å². The van der Waals surface area contributed by atoms with E-state index < -0.39 is 0 Å². The molecule has 0 heterocycles. The molecule has 1 aromatic carbocycles. The van der Waals surface area contributed by atoms with Crippen LogP contribution < -0.4 is 10.5 Å². The van der Waals surface area contributed by atoms with E-state index in [0.29, 0.717) is 12.0 Å². The van der Waals surface area contributed by atoms with E-state index in [4.69, 9.17) is 10.5 Å². The first kappa shape index (κ1) is 11.5. The largest absolute Gasteiger partial charge is 0.490 e. The molecular formula is C14H21NO. The molecule has 0 amide bonds. The maximum atomic E-state index is 6.03. The Kier molecular flexibility index (Phi) is 3.83. The van der Waals surface area contributed by atoms with Gasteiger partial charge in [0.15, 0.2) is 0 Å². The van der Waals surface area contributed by atoms with Gasteiger partial charge in [-0.1, -0.05) is 24.1 Å². The number of benzene rings is 1. The van der Waals surface area contributed by atoms with Crippen LogP contribution in [-0.2, 0) is 0 Å². The van der Waals surface area contributed by atoms with Gasteiger partial charge in [-0.3, -0.25) is 0 Å². The van der Waals surface area contributed by atoms with Gasteiger partial charge in [0.05, 0.1) is 0 Å². The summed E-state index contributed by atoms with van der Waals surface area (Å²) in [5.74, 6) is 1.52. The zero-order valence-electron chi connectivity index (χ0n) is 9.99. The number of aryl methyl sites for hydroxylation is 1. The Balaban J connectivity index is 1.99. The van der Waals surface area contributed by atoms with E-state index in [1.807, 2.05) is 0 Å². The van der Waals surface area contributed by atoms with Crippen LogP contribution in [-0.4, -0.2) is 12.6 Å². The van der Waals surface area contributed by atoms with Gasteiger partial charge >= 0.3 is 0 Å². The molecule has 2 unspecified atom stereocenters. The third-order valence-electron chi connectivity index (χ3n) is 3.45. The van der Waals surface area contributed by atoms with Gasteiger partial charge in [0.1, 0.15) is 11.9 Å². The van der Waals surface area contributed by atoms with E-state index in [0.717, 1.165) is 18.7 Å². The van der Waals surface area contributed by atoms with E-state index >= 15 is 0 Å². The maximum absolute atomic E-state index is 6.03. The fraction of sp³-hybridized carbons (Fsp3) is 0.571. The Morgan fingerprint density at radius 3 is 2.56 bits per heavy atom. The first-order valence-corrected chi connectivity index (χ1v) is 6.23. The molecular weight excluding hydrogens is 198 g/mol. The molecule has 1 saturated carbocycles. The predicted molar refractivity (Wildman–Crippen MR) is 66.6 cm³/mol. The van der Waals surface area contributed by atoms with Crippen LogP contribution in [0.5, 0.6) is 5.75 Å². The lowest BCUT2D eigenvalue weighted by atomic mass is 9.86. The van der Waals surface area contributed by atoms with Crippen LogP contribution in [0.1, 0.15) is 31.2 Å². The topological polar surface area (TPSA) is 35.2 Å². The van der Waals surface area contributed by atoms with Crippen molar-refractivity contribution in [2.45, 2.75) is 38.7 Å². The van der Waals surface area contributed by atoms with Gasteiger partial charge in [-0.2, -0.15) is 0 Å². The molecule has 2 atom stereocenters. The molecule has 2 N–H and O–H groups in total. The molecule has 1 aliphatic rings. The normalized spacial score (nSPS) is 25.4. The van der Waals surface area contributed by atoms with Gasteiger partial charge < -0.3 is 10.5 Å². The zero-order chi connectivity index (χ0) is 11.4. The first-order chi connectivity index (χ1) is 7.79. The lowest BCUT2D eigenvalue weighted by molar-refractivity contribution is 0.0970. The predicted octanol–water partition coefficient (Wildman–Crippen LogP) is 2.89. The zero-order valence-corrected chi connectivity index (χ0v) is 9.99. The van der Waals surface area contributed by atoms with E-state index in [9.17, 15) is 0 Å². The molecule has 1 fully saturated rings. The van der Waals surface area contributed by atoms with Crippen LogP contribution >= 0.6 is 0 Å². The molecule has 88 valence electrons. The Morgan fingerprint density at radius 2 is 1.88 bits per heavy atom. The van der Waals surface area contributed by atoms with Crippen molar-refractivity contribution in [1.29, 1.82) is 0 Å². The molecule has 1 aliphatic carbocycles. The standard InChI is InChI=1S/C14H21NO/c1-11-6-8-13(9-7-11)16-14-5-3-2-4-12(14)10-15/h6-9,12,14H,2-5,10,15H2,1H3. The van der Waals surface area contributed by atoms with Crippen molar-refractivity contribution in [2.24, 2.45) is 11.7 Å². The van der Waals surface area contributed by atoms with E-state index in [1.54, 1.807) is 0 Å². The molecule has 0 aliphatic heterocycles. The first-order valence-electron chi connectivity index (χ1n) is 6.23. The molecule has 1 aromatic rings. The molecule has 0 bridgehead atoms. The number of ether oxygens (including phenoxy) is 1. The van der Waals surface area contributed by atoms with Gasteiger partial charge in [-0.25, -0.2) is 0 Å². The van der Waals surface area contributed by atoms with Gasteiger partial charge in [0.25, 0.3) is 0 Å². The number of nitrogens with two attached hydrogens (primary N) is 1. The molecule has 0 spiro atoms. The van der Waals surface area contributed by atoms with Crippen LogP contribution in [0, 0.1) is 12.8 Å². The summed E-state index contributed by atoms with van der Waals surface area (Å²) in [6.45, 7) is 2.84. The maximum Gasteiger partial charge on any atom is 0.119 e. The average molecular weight is 219 g/mol. The highest BCUT2D eigenvalue weighted by Gasteiger charge is 2.25. The molecule has 2 heteroatoms. The SMILES string of the molecule is Cc1ccc(OC2CCCCC2CN)cc1. The van der Waals surface area contributed by atoms with Crippen LogP contribution in [0.3, 0.4) is 0 Å². The van der Waals surface area contributed by atoms with Crippen molar-refractivity contribution >= 4 is 0 Å². The van der Waals surface area contributed by atoms with E-state index in [2.05, 4.69) is 31.2 Å². The van der Waals surface area contributed by atoms with E-state index in [1.165, 1.54) is 24.8 Å². The van der Waals surface area contributed by atoms with Crippen molar-refractivity contribution in [3.8, 4) is 5.75 Å². The van der Waals surface area contributed by atoms with Crippen LogP contribution in [0.25, 0.3) is 0 Å². The Morgan fingerprint density at radius 1 is 1.19 bits per heavy atom. The Bertz CT molecular complexity index is 320. The second-order valence-corrected chi connectivity index (χ2v) is 4.75. The van der Waals surface area contributed by atoms with Crippen LogP contribution in [0.2, 0.25) is 0 Å². The van der Waals surface area contributed by atoms with Crippen molar-refractivity contribution in [1.82, 2.24) is 0 Å². The smallest absolute Gasteiger partial charge is 0.119 e. The fourth-order valence-electron chi connectivity index (χ4n) is 2.39. The highest BCUT2D eigenvalue weighted by molar-refractivity contribution is 5.26. The minimum atomic E-state index is 0.321. The van der Waals surface area contributed by atoms with Gasteiger partial charge in [-0.05, 0) is 44.9 Å². The monoisotopic (exact) mass is 219 g/mol. The molecule has 2 rings (SSSR count). The lowest BCUT2D eigenvalue weighted by Crippen LogP contribution is -2.35. The minimum Gasteiger partial charge on any atom is -0.490 e. The van der Waals surface area contributed by atoms with E-state index in [-0.39, 0.29) is 0 Å². The summed E-state index contributed by atoms with van der Waals surface area (Å²) in [7, 11) is 0. The van der Waals surface area contributed by atoms with Crippen molar-refractivity contribution in [3.63, 3.8) is 0 Å². The van der Waals surface area contributed by atoms with Crippen LogP contribution in [0.4, 0.5) is 0 Å². The third-order valence-corrected chi connectivity index (χ3v) is 3.45. The number of hydrogen-bond acceptors (Lipinski definition) is 2. The van der Waals surface area contributed by atoms with Crippen molar-refractivity contribution in [3.05, 3.63) is 29.8 Å². The van der Waals surface area contributed by atoms with Gasteiger partial charge in [-0.15, -0.1) is 0 Å². The molecule has 2 nitrogen and oxygen atoms in total. The fourth-order valence-corrected chi connectivity index (χ4v) is 2.39. The molecule has 0 saturated heterocycles. The van der Waals surface area contributed by atoms with Crippen molar-refractivity contribution in [2.75, 3.05) is 6.54 Å². The number of hydrogen-bond donors (Lipinski definition) is 1. The molecule has 16 heavy (non-hydrogen) atoms. The van der Waals surface area contributed by atoms with Crippen molar-refractivity contribution < 1.29 is 4.74 Å². The van der Waals surface area contributed by atoms with Gasteiger partial charge in [0.2, 0.25) is 0 Å². The summed E-state index contributed by atoms with van der Waals surface area (Å²) in [4.78, 5) is 0. The Labute approximate surface area is 97.8 Å². The average Bonchev–Trinajstić information content (AvgIpc) is 2.33. The lowest BCUT2D eigenvalue weighted by Gasteiger charge is -2.31. The highest BCUT2D eigenvalue weighted by Crippen LogP contribution is 2.27. The number of rotatable bonds is 3. The summed E-state index contributed by atoms with van der Waals surface area (Å²) in [5, 5.41) is 0. The summed E-state index contributed by atoms with van der Waals surface area (Å²) in [6.07, 6.45) is 5.26. The summed E-state index contributed by atoms with van der Waals surface area (Å²) in [6, 6.07) is 8.29. The molecule has 0 radical (unpaired) electrons. The second-order valence-electron chi connectivity index (χ2n) is 4.75. The van der Waals surface area contributed by atoms with Crippen LogP contribution in [0.15, 0.2) is 24.3 Å². The summed E-state index contributed by atoms with van der Waals surface area (Å²) >= 11 is 0. The summed E-state index contributed by atoms with van der Waals surface area (Å²) in [5.41, 5.74) is 7.06. The second kappa shape index (κ2) is 5.35. The highest BCUT2D eigenvalue weighted by atomic mass is 16.5. The molecule has 0 aromatic heterocycles. The quantitative estimate of drug-likeness (QED) is 0.848. The third kappa shape index (κ3) is 2.76. The Hall–Kier alpha value is -1.02. The summed E-state index contributed by atoms with van der Waals surface area (Å²) < 4.78 is 6.03. The minimum absolute atomic E-state index is 0.321.